The third-order valence-electron chi connectivity index (χ3n) is 3.75. The van der Waals surface area contributed by atoms with Crippen molar-refractivity contribution < 1.29 is 23.1 Å². The highest BCUT2D eigenvalue weighted by Gasteiger charge is 2.18. The summed E-state index contributed by atoms with van der Waals surface area (Å²) in [4.78, 5) is 28.2. The van der Waals surface area contributed by atoms with Crippen LogP contribution in [-0.4, -0.2) is 27.4 Å². The minimum Gasteiger partial charge on any atom is -0.449 e. The second-order valence-electron chi connectivity index (χ2n) is 5.74. The smallest absolute Gasteiger partial charge is 0.331 e. The van der Waals surface area contributed by atoms with E-state index in [1.165, 1.54) is 13.0 Å². The number of aromatic nitrogens is 2. The Balaban J connectivity index is 1.64. The number of nitrogens with zero attached hydrogens (tertiary/aromatic N) is 2. The molecule has 28 heavy (non-hydrogen) atoms. The molecule has 0 fully saturated rings. The lowest BCUT2D eigenvalue weighted by atomic mass is 10.2. The Hall–Kier alpha value is -3.26. The van der Waals surface area contributed by atoms with Gasteiger partial charge in [-0.15, -0.1) is 0 Å². The Morgan fingerprint density at radius 2 is 2.07 bits per heavy atom. The molecule has 2 heterocycles. The van der Waals surface area contributed by atoms with Gasteiger partial charge in [0.05, 0.1) is 11.4 Å². The normalized spacial score (nSPS) is 12.3. The molecule has 3 rings (SSSR count). The van der Waals surface area contributed by atoms with Gasteiger partial charge in [-0.25, -0.2) is 18.6 Å². The van der Waals surface area contributed by atoms with E-state index < -0.39 is 29.6 Å². The fourth-order valence-electron chi connectivity index (χ4n) is 2.37. The van der Waals surface area contributed by atoms with E-state index in [0.29, 0.717) is 17.4 Å². The lowest BCUT2D eigenvalue weighted by molar-refractivity contribution is -0.148. The van der Waals surface area contributed by atoms with Crippen LogP contribution in [0.4, 0.5) is 14.5 Å². The fraction of sp³-hybridized carbons (Fsp3) is 0.105. The summed E-state index contributed by atoms with van der Waals surface area (Å²) < 4.78 is 33.2. The maximum Gasteiger partial charge on any atom is 0.331 e. The fourth-order valence-corrected chi connectivity index (χ4v) is 2.62. The first-order chi connectivity index (χ1) is 13.3. The summed E-state index contributed by atoms with van der Waals surface area (Å²) in [6.07, 6.45) is 3.03. The number of fused-ring (bicyclic) bond motifs is 1. The van der Waals surface area contributed by atoms with Gasteiger partial charge in [-0.05, 0) is 37.3 Å². The number of benzene rings is 1. The number of rotatable bonds is 5. The summed E-state index contributed by atoms with van der Waals surface area (Å²) in [6.45, 7) is 1.32. The Labute approximate surface area is 163 Å². The zero-order valence-corrected chi connectivity index (χ0v) is 15.3. The van der Waals surface area contributed by atoms with Crippen molar-refractivity contribution in [3.63, 3.8) is 0 Å². The number of hydrogen-bond donors (Lipinski definition) is 1. The summed E-state index contributed by atoms with van der Waals surface area (Å²) >= 11 is 6.06. The molecule has 1 aromatic carbocycles. The number of carbonyl (C=O) groups is 2. The van der Waals surface area contributed by atoms with Crippen molar-refractivity contribution in [3.8, 4) is 0 Å². The molecule has 0 aliphatic carbocycles. The molecule has 3 aromatic rings. The molecule has 0 saturated heterocycles. The molecule has 0 aliphatic rings. The third-order valence-corrected chi connectivity index (χ3v) is 4.03. The summed E-state index contributed by atoms with van der Waals surface area (Å²) in [5, 5.41) is 2.43. The summed E-state index contributed by atoms with van der Waals surface area (Å²) in [5.41, 5.74) is 0.858. The lowest BCUT2D eigenvalue weighted by Crippen LogP contribution is -2.29. The number of ether oxygens (including phenoxy) is 1. The topological polar surface area (TPSA) is 72.7 Å². The van der Waals surface area contributed by atoms with Crippen LogP contribution in [0.25, 0.3) is 11.7 Å². The Morgan fingerprint density at radius 3 is 2.82 bits per heavy atom. The molecule has 1 amide bonds. The van der Waals surface area contributed by atoms with E-state index in [9.17, 15) is 18.4 Å². The highest BCUT2D eigenvalue weighted by molar-refractivity contribution is 6.31. The first-order valence-electron chi connectivity index (χ1n) is 8.12. The molecule has 0 bridgehead atoms. The number of carbonyl (C=O) groups excluding carboxylic acids is 2. The Bertz CT molecular complexity index is 1080. The van der Waals surface area contributed by atoms with Gasteiger partial charge in [0.15, 0.2) is 11.3 Å². The minimum atomic E-state index is -1.21. The zero-order valence-electron chi connectivity index (χ0n) is 14.5. The van der Waals surface area contributed by atoms with Crippen molar-refractivity contribution in [1.29, 1.82) is 0 Å². The standard InChI is InChI=1S/C19H14ClF2N3O3/c1-11(19(27)23-14-6-5-12(21)10-13(14)22)28-17(26)8-7-15-18(20)24-16-4-2-3-9-25(15)16/h2-11H,1H3,(H,23,27)/b8-7+/t11-/m1/s1. The molecule has 0 unspecified atom stereocenters. The van der Waals surface area contributed by atoms with Crippen molar-refractivity contribution in [2.45, 2.75) is 13.0 Å². The van der Waals surface area contributed by atoms with E-state index in [-0.39, 0.29) is 10.8 Å². The molecule has 9 heteroatoms. The van der Waals surface area contributed by atoms with Crippen LogP contribution in [0.3, 0.4) is 0 Å². The van der Waals surface area contributed by atoms with E-state index in [4.69, 9.17) is 16.3 Å². The van der Waals surface area contributed by atoms with Crippen molar-refractivity contribution in [3.05, 3.63) is 71.2 Å². The predicted molar refractivity (Wildman–Crippen MR) is 99.8 cm³/mol. The van der Waals surface area contributed by atoms with E-state index in [1.807, 2.05) is 0 Å². The zero-order chi connectivity index (χ0) is 20.3. The van der Waals surface area contributed by atoms with Crippen LogP contribution >= 0.6 is 11.6 Å². The van der Waals surface area contributed by atoms with Gasteiger partial charge in [-0.2, -0.15) is 0 Å². The first-order valence-corrected chi connectivity index (χ1v) is 8.50. The third kappa shape index (κ3) is 4.34. The molecule has 2 aromatic heterocycles. The van der Waals surface area contributed by atoms with Crippen LogP contribution in [0.5, 0.6) is 0 Å². The first kappa shape index (κ1) is 19.5. The number of pyridine rings is 1. The van der Waals surface area contributed by atoms with E-state index in [2.05, 4.69) is 10.3 Å². The van der Waals surface area contributed by atoms with Crippen LogP contribution in [-0.2, 0) is 14.3 Å². The monoisotopic (exact) mass is 405 g/mol. The number of halogens is 3. The summed E-state index contributed by atoms with van der Waals surface area (Å²) in [6, 6.07) is 8.03. The van der Waals surface area contributed by atoms with Crippen LogP contribution in [0, 0.1) is 11.6 Å². The molecule has 0 aliphatic heterocycles. The second kappa shape index (κ2) is 8.18. The van der Waals surface area contributed by atoms with E-state index in [1.54, 1.807) is 28.8 Å². The average molecular weight is 406 g/mol. The van der Waals surface area contributed by atoms with Crippen LogP contribution < -0.4 is 5.32 Å². The van der Waals surface area contributed by atoms with Crippen LogP contribution in [0.15, 0.2) is 48.7 Å². The molecular weight excluding hydrogens is 392 g/mol. The Morgan fingerprint density at radius 1 is 1.29 bits per heavy atom. The highest BCUT2D eigenvalue weighted by Crippen LogP contribution is 2.19. The van der Waals surface area contributed by atoms with Gasteiger partial charge in [-0.1, -0.05) is 17.7 Å². The predicted octanol–water partition coefficient (Wildman–Crippen LogP) is 3.85. The maximum atomic E-state index is 13.6. The molecule has 0 radical (unpaired) electrons. The molecule has 6 nitrogen and oxygen atoms in total. The largest absolute Gasteiger partial charge is 0.449 e. The number of nitrogens with one attached hydrogen (secondary N) is 1. The van der Waals surface area contributed by atoms with E-state index >= 15 is 0 Å². The second-order valence-corrected chi connectivity index (χ2v) is 6.10. The number of imidazole rings is 1. The molecule has 0 saturated carbocycles. The SMILES string of the molecule is C[C@@H](OC(=O)/C=C/c1c(Cl)nc2ccccn12)C(=O)Nc1ccc(F)cc1F. The molecule has 144 valence electrons. The quantitative estimate of drug-likeness (QED) is 0.517. The Kier molecular flexibility index (Phi) is 5.70. The van der Waals surface area contributed by atoms with Gasteiger partial charge in [0, 0.05) is 18.3 Å². The van der Waals surface area contributed by atoms with Crippen molar-refractivity contribution in [1.82, 2.24) is 9.38 Å². The number of hydrogen-bond acceptors (Lipinski definition) is 4. The van der Waals surface area contributed by atoms with Gasteiger partial charge in [0.25, 0.3) is 5.91 Å². The van der Waals surface area contributed by atoms with Gasteiger partial charge >= 0.3 is 5.97 Å². The summed E-state index contributed by atoms with van der Waals surface area (Å²) in [7, 11) is 0. The number of amides is 1. The van der Waals surface area contributed by atoms with Gasteiger partial charge in [0.2, 0.25) is 0 Å². The molecule has 1 atom stereocenters. The maximum absolute atomic E-state index is 13.6. The lowest BCUT2D eigenvalue weighted by Gasteiger charge is -2.12. The van der Waals surface area contributed by atoms with Crippen molar-refractivity contribution in [2.24, 2.45) is 0 Å². The molecular formula is C19H14ClF2N3O3. The molecule has 1 N–H and O–H groups in total. The van der Waals surface area contributed by atoms with Crippen LogP contribution in [0.2, 0.25) is 5.15 Å². The number of esters is 1. The van der Waals surface area contributed by atoms with E-state index in [0.717, 1.165) is 18.2 Å². The average Bonchev–Trinajstić information content (AvgIpc) is 2.97. The van der Waals surface area contributed by atoms with Gasteiger partial charge in [-0.3, -0.25) is 9.20 Å². The van der Waals surface area contributed by atoms with Crippen molar-refractivity contribution in [2.75, 3.05) is 5.32 Å². The molecule has 0 spiro atoms. The van der Waals surface area contributed by atoms with Crippen LogP contribution in [0.1, 0.15) is 12.6 Å². The number of anilines is 1. The summed E-state index contributed by atoms with van der Waals surface area (Å²) in [5.74, 6) is -3.27. The van der Waals surface area contributed by atoms with Gasteiger partial charge < -0.3 is 10.1 Å². The highest BCUT2D eigenvalue weighted by atomic mass is 35.5. The minimum absolute atomic E-state index is 0.202. The van der Waals surface area contributed by atoms with Gasteiger partial charge in [0.1, 0.15) is 17.3 Å². The van der Waals surface area contributed by atoms with Crippen molar-refractivity contribution >= 4 is 40.9 Å².